The van der Waals surface area contributed by atoms with Gasteiger partial charge in [0.15, 0.2) is 0 Å². The molecular formula is C14H18N4O2S. The fourth-order valence-corrected chi connectivity index (χ4v) is 2.22. The summed E-state index contributed by atoms with van der Waals surface area (Å²) in [5.74, 6) is -0.128. The van der Waals surface area contributed by atoms with Crippen molar-refractivity contribution >= 4 is 34.7 Å². The summed E-state index contributed by atoms with van der Waals surface area (Å²) in [6, 6.07) is 7.07. The first-order valence-electron chi connectivity index (χ1n) is 6.62. The van der Waals surface area contributed by atoms with E-state index in [1.165, 1.54) is 0 Å². The Bertz CT molecular complexity index is 576. The summed E-state index contributed by atoms with van der Waals surface area (Å²) in [7, 11) is 1.76. The van der Waals surface area contributed by atoms with Gasteiger partial charge in [-0.15, -0.1) is 0 Å². The number of nitrogens with zero attached hydrogens (tertiary/aromatic N) is 2. The molecule has 3 N–H and O–H groups in total. The van der Waals surface area contributed by atoms with Crippen LogP contribution >= 0.6 is 12.2 Å². The number of nitrogens with two attached hydrogens (primary N) is 1. The summed E-state index contributed by atoms with van der Waals surface area (Å²) >= 11 is 4.90. The number of carbonyl (C=O) groups is 2. The minimum atomic E-state index is -0.160. The van der Waals surface area contributed by atoms with Crippen molar-refractivity contribution in [3.63, 3.8) is 0 Å². The van der Waals surface area contributed by atoms with Crippen molar-refractivity contribution in [3.8, 4) is 0 Å². The third-order valence-corrected chi connectivity index (χ3v) is 3.57. The molecule has 1 aromatic carbocycles. The van der Waals surface area contributed by atoms with E-state index in [4.69, 9.17) is 18.0 Å². The SMILES string of the molecule is CN1CCN(CC(=O)Nc2cccc(C(N)=S)c2)CC1=O. The number of anilines is 1. The van der Waals surface area contributed by atoms with E-state index in [0.29, 0.717) is 24.3 Å². The largest absolute Gasteiger partial charge is 0.389 e. The van der Waals surface area contributed by atoms with Gasteiger partial charge < -0.3 is 16.0 Å². The lowest BCUT2D eigenvalue weighted by molar-refractivity contribution is -0.135. The Labute approximate surface area is 128 Å². The molecule has 0 radical (unpaired) electrons. The highest BCUT2D eigenvalue weighted by Crippen LogP contribution is 2.11. The van der Waals surface area contributed by atoms with Crippen LogP contribution < -0.4 is 11.1 Å². The molecule has 1 aliphatic heterocycles. The maximum atomic E-state index is 12.0. The zero-order valence-corrected chi connectivity index (χ0v) is 12.7. The predicted molar refractivity (Wildman–Crippen MR) is 85.0 cm³/mol. The number of likely N-dealkylation sites (N-methyl/N-ethyl adjacent to an activating group) is 1. The summed E-state index contributed by atoms with van der Waals surface area (Å²) in [4.78, 5) is 27.4. The summed E-state index contributed by atoms with van der Waals surface area (Å²) < 4.78 is 0. The van der Waals surface area contributed by atoms with Crippen LogP contribution in [0.15, 0.2) is 24.3 Å². The molecule has 6 nitrogen and oxygen atoms in total. The first-order valence-corrected chi connectivity index (χ1v) is 7.02. The number of thiocarbonyl (C=S) groups is 1. The van der Waals surface area contributed by atoms with Crippen LogP contribution in [0.2, 0.25) is 0 Å². The molecular weight excluding hydrogens is 288 g/mol. The molecule has 2 amide bonds. The molecule has 0 saturated carbocycles. The first-order chi connectivity index (χ1) is 9.95. The molecule has 1 saturated heterocycles. The van der Waals surface area contributed by atoms with Crippen molar-refractivity contribution in [1.29, 1.82) is 0 Å². The highest BCUT2D eigenvalue weighted by atomic mass is 32.1. The number of benzene rings is 1. The average Bonchev–Trinajstić information content (AvgIpc) is 2.43. The minimum absolute atomic E-state index is 0.0320. The Hall–Kier alpha value is -1.99. The standard InChI is InChI=1S/C14H18N4O2S/c1-17-5-6-18(9-13(17)20)8-12(19)16-11-4-2-3-10(7-11)14(15)21/h2-4,7H,5-6,8-9H2,1H3,(H2,15,21)(H,16,19). The van der Waals surface area contributed by atoms with Crippen LogP contribution in [-0.4, -0.2) is 59.8 Å². The van der Waals surface area contributed by atoms with Gasteiger partial charge in [-0.25, -0.2) is 0 Å². The highest BCUT2D eigenvalue weighted by molar-refractivity contribution is 7.80. The fraction of sp³-hybridized carbons (Fsp3) is 0.357. The Morgan fingerprint density at radius 1 is 1.43 bits per heavy atom. The van der Waals surface area contributed by atoms with Crippen LogP contribution in [0.4, 0.5) is 5.69 Å². The Kier molecular flexibility index (Phi) is 4.87. The van der Waals surface area contributed by atoms with Crippen LogP contribution in [0, 0.1) is 0 Å². The Morgan fingerprint density at radius 3 is 2.86 bits per heavy atom. The van der Waals surface area contributed by atoms with Crippen LogP contribution in [-0.2, 0) is 9.59 Å². The van der Waals surface area contributed by atoms with Crippen LogP contribution in [0.1, 0.15) is 5.56 Å². The summed E-state index contributed by atoms with van der Waals surface area (Å²) in [5, 5.41) is 2.79. The van der Waals surface area contributed by atoms with Crippen LogP contribution in [0.3, 0.4) is 0 Å². The molecule has 112 valence electrons. The lowest BCUT2D eigenvalue weighted by Crippen LogP contribution is -2.50. The van der Waals surface area contributed by atoms with Gasteiger partial charge in [-0.3, -0.25) is 14.5 Å². The monoisotopic (exact) mass is 306 g/mol. The molecule has 21 heavy (non-hydrogen) atoms. The molecule has 7 heteroatoms. The average molecular weight is 306 g/mol. The Balaban J connectivity index is 1.91. The van der Waals surface area contributed by atoms with E-state index in [1.807, 2.05) is 4.90 Å². The maximum absolute atomic E-state index is 12.0. The quantitative estimate of drug-likeness (QED) is 0.768. The van der Waals surface area contributed by atoms with Crippen molar-refractivity contribution < 1.29 is 9.59 Å². The van der Waals surface area contributed by atoms with E-state index < -0.39 is 0 Å². The van der Waals surface area contributed by atoms with Crippen LogP contribution in [0.5, 0.6) is 0 Å². The minimum Gasteiger partial charge on any atom is -0.389 e. The van der Waals surface area contributed by atoms with Gasteiger partial charge in [0.05, 0.1) is 13.1 Å². The van der Waals surface area contributed by atoms with Crippen molar-refractivity contribution in [2.24, 2.45) is 5.73 Å². The van der Waals surface area contributed by atoms with E-state index in [-0.39, 0.29) is 29.9 Å². The van der Waals surface area contributed by atoms with Gasteiger partial charge in [0.2, 0.25) is 11.8 Å². The predicted octanol–water partition coefficient (Wildman–Crippen LogP) is 0.0333. The number of piperazine rings is 1. The molecule has 0 unspecified atom stereocenters. The van der Waals surface area contributed by atoms with E-state index in [1.54, 1.807) is 36.2 Å². The zero-order valence-electron chi connectivity index (χ0n) is 11.8. The summed E-state index contributed by atoms with van der Waals surface area (Å²) in [6.45, 7) is 1.80. The van der Waals surface area contributed by atoms with E-state index in [2.05, 4.69) is 5.32 Å². The number of hydrogen-bond acceptors (Lipinski definition) is 4. The molecule has 1 aliphatic rings. The molecule has 1 heterocycles. The van der Waals surface area contributed by atoms with Crippen molar-refractivity contribution in [2.75, 3.05) is 38.5 Å². The molecule has 0 aromatic heterocycles. The fourth-order valence-electron chi connectivity index (χ4n) is 2.10. The topological polar surface area (TPSA) is 78.7 Å². The molecule has 1 fully saturated rings. The number of amides is 2. The van der Waals surface area contributed by atoms with Gasteiger partial charge >= 0.3 is 0 Å². The van der Waals surface area contributed by atoms with Gasteiger partial charge in [-0.2, -0.15) is 0 Å². The second-order valence-electron chi connectivity index (χ2n) is 5.02. The van der Waals surface area contributed by atoms with Crippen molar-refractivity contribution in [1.82, 2.24) is 9.80 Å². The number of carbonyl (C=O) groups excluding carboxylic acids is 2. The molecule has 0 bridgehead atoms. The zero-order chi connectivity index (χ0) is 15.4. The second-order valence-corrected chi connectivity index (χ2v) is 5.46. The Morgan fingerprint density at radius 2 is 2.19 bits per heavy atom. The highest BCUT2D eigenvalue weighted by Gasteiger charge is 2.22. The maximum Gasteiger partial charge on any atom is 0.238 e. The number of nitrogens with one attached hydrogen (secondary N) is 1. The smallest absolute Gasteiger partial charge is 0.238 e. The molecule has 0 atom stereocenters. The normalized spacial score (nSPS) is 15.9. The molecule has 0 aliphatic carbocycles. The van der Waals surface area contributed by atoms with Crippen molar-refractivity contribution in [2.45, 2.75) is 0 Å². The number of hydrogen-bond donors (Lipinski definition) is 2. The lowest BCUT2D eigenvalue weighted by Gasteiger charge is -2.31. The third-order valence-electron chi connectivity index (χ3n) is 3.33. The number of rotatable bonds is 4. The van der Waals surface area contributed by atoms with Gasteiger partial charge in [-0.05, 0) is 12.1 Å². The van der Waals surface area contributed by atoms with E-state index in [9.17, 15) is 9.59 Å². The van der Waals surface area contributed by atoms with E-state index in [0.717, 1.165) is 0 Å². The third kappa shape index (κ3) is 4.24. The first kappa shape index (κ1) is 15.4. The van der Waals surface area contributed by atoms with Gasteiger partial charge in [0, 0.05) is 31.4 Å². The molecule has 2 rings (SSSR count). The van der Waals surface area contributed by atoms with Crippen molar-refractivity contribution in [3.05, 3.63) is 29.8 Å². The second kappa shape index (κ2) is 6.64. The van der Waals surface area contributed by atoms with Gasteiger partial charge in [-0.1, -0.05) is 24.4 Å². The summed E-state index contributed by atoms with van der Waals surface area (Å²) in [5.41, 5.74) is 6.91. The molecule has 0 spiro atoms. The summed E-state index contributed by atoms with van der Waals surface area (Å²) in [6.07, 6.45) is 0. The van der Waals surface area contributed by atoms with Crippen LogP contribution in [0.25, 0.3) is 0 Å². The lowest BCUT2D eigenvalue weighted by atomic mass is 10.2. The van der Waals surface area contributed by atoms with Gasteiger partial charge in [0.1, 0.15) is 4.99 Å². The molecule has 1 aromatic rings. The van der Waals surface area contributed by atoms with Gasteiger partial charge in [0.25, 0.3) is 0 Å². The van der Waals surface area contributed by atoms with E-state index >= 15 is 0 Å².